The highest BCUT2D eigenvalue weighted by Gasteiger charge is 2.45. The zero-order chi connectivity index (χ0) is 16.4. The summed E-state index contributed by atoms with van der Waals surface area (Å²) in [5.41, 5.74) is 0.815. The summed E-state index contributed by atoms with van der Waals surface area (Å²) in [6.07, 6.45) is -3.19. The first-order valence-corrected chi connectivity index (χ1v) is 7.31. The second-order valence-corrected chi connectivity index (χ2v) is 5.96. The molecule has 0 aliphatic heterocycles. The standard InChI is InChI=1S/C14H13Cl2F2NO3/c15-9-2-1-6(3-10(9)16)7-4-8(7)13(20)19-11(14(21)22)5-12(17)18/h1-3,7-8,11-12H,4-5H2,(H,19,20)(H,21,22). The Morgan fingerprint density at radius 1 is 1.32 bits per heavy atom. The van der Waals surface area contributed by atoms with Gasteiger partial charge in [0.1, 0.15) is 6.04 Å². The first-order valence-electron chi connectivity index (χ1n) is 6.56. The number of amides is 1. The first kappa shape index (κ1) is 17.0. The molecule has 1 amide bonds. The van der Waals surface area contributed by atoms with Crippen molar-refractivity contribution >= 4 is 35.1 Å². The number of benzene rings is 1. The third-order valence-corrected chi connectivity index (χ3v) is 4.27. The number of hydrogen-bond donors (Lipinski definition) is 2. The first-order chi connectivity index (χ1) is 10.3. The predicted octanol–water partition coefficient (Wildman–Crippen LogP) is 3.32. The van der Waals surface area contributed by atoms with Crippen molar-refractivity contribution in [3.05, 3.63) is 33.8 Å². The minimum absolute atomic E-state index is 0.101. The number of nitrogens with one attached hydrogen (secondary N) is 1. The highest BCUT2D eigenvalue weighted by Crippen LogP contribution is 2.48. The summed E-state index contributed by atoms with van der Waals surface area (Å²) in [6, 6.07) is 3.42. The molecule has 4 nitrogen and oxygen atoms in total. The lowest BCUT2D eigenvalue weighted by atomic mass is 10.1. The molecule has 2 rings (SSSR count). The van der Waals surface area contributed by atoms with Crippen molar-refractivity contribution in [1.82, 2.24) is 5.32 Å². The number of rotatable bonds is 6. The third kappa shape index (κ3) is 4.08. The molecule has 3 unspecified atom stereocenters. The Labute approximate surface area is 135 Å². The van der Waals surface area contributed by atoms with Crippen molar-refractivity contribution in [2.24, 2.45) is 5.92 Å². The maximum Gasteiger partial charge on any atom is 0.326 e. The van der Waals surface area contributed by atoms with Crippen LogP contribution in [0.2, 0.25) is 10.0 Å². The molecule has 0 radical (unpaired) electrons. The van der Waals surface area contributed by atoms with Gasteiger partial charge in [-0.15, -0.1) is 0 Å². The summed E-state index contributed by atoms with van der Waals surface area (Å²) >= 11 is 11.7. The Morgan fingerprint density at radius 2 is 2.00 bits per heavy atom. The number of aliphatic carboxylic acids is 1. The average Bonchev–Trinajstić information content (AvgIpc) is 3.21. The van der Waals surface area contributed by atoms with Gasteiger partial charge in [-0.2, -0.15) is 0 Å². The van der Waals surface area contributed by atoms with Crippen LogP contribution in [-0.4, -0.2) is 29.5 Å². The van der Waals surface area contributed by atoms with Gasteiger partial charge in [-0.1, -0.05) is 29.3 Å². The second kappa shape index (κ2) is 6.79. The highest BCUT2D eigenvalue weighted by atomic mass is 35.5. The van der Waals surface area contributed by atoms with E-state index in [1.54, 1.807) is 18.2 Å². The molecular weight excluding hydrogens is 339 g/mol. The molecule has 0 bridgehead atoms. The Kier molecular flexibility index (Phi) is 5.24. The van der Waals surface area contributed by atoms with Crippen LogP contribution < -0.4 is 5.32 Å². The molecule has 8 heteroatoms. The maximum atomic E-state index is 12.3. The Hall–Kier alpha value is -1.40. The van der Waals surface area contributed by atoms with E-state index in [9.17, 15) is 18.4 Å². The van der Waals surface area contributed by atoms with Crippen LogP contribution in [0.3, 0.4) is 0 Å². The van der Waals surface area contributed by atoms with Gasteiger partial charge in [-0.25, -0.2) is 13.6 Å². The maximum absolute atomic E-state index is 12.3. The lowest BCUT2D eigenvalue weighted by Gasteiger charge is -2.14. The van der Waals surface area contributed by atoms with Crippen LogP contribution in [-0.2, 0) is 9.59 Å². The van der Waals surface area contributed by atoms with Crippen LogP contribution in [0.15, 0.2) is 18.2 Å². The Balaban J connectivity index is 1.97. The molecule has 0 spiro atoms. The lowest BCUT2D eigenvalue weighted by Crippen LogP contribution is -2.42. The van der Waals surface area contributed by atoms with E-state index in [0.29, 0.717) is 16.5 Å². The van der Waals surface area contributed by atoms with Crippen molar-refractivity contribution in [2.45, 2.75) is 31.2 Å². The number of carbonyl (C=O) groups excluding carboxylic acids is 1. The van der Waals surface area contributed by atoms with E-state index in [1.165, 1.54) is 0 Å². The van der Waals surface area contributed by atoms with Gasteiger partial charge < -0.3 is 10.4 Å². The lowest BCUT2D eigenvalue weighted by molar-refractivity contribution is -0.143. The number of hydrogen-bond acceptors (Lipinski definition) is 2. The van der Waals surface area contributed by atoms with Crippen molar-refractivity contribution < 1.29 is 23.5 Å². The van der Waals surface area contributed by atoms with Crippen molar-refractivity contribution in [3.8, 4) is 0 Å². The molecule has 0 aromatic heterocycles. The van der Waals surface area contributed by atoms with E-state index in [1.807, 2.05) is 0 Å². The van der Waals surface area contributed by atoms with E-state index in [4.69, 9.17) is 28.3 Å². The topological polar surface area (TPSA) is 66.4 Å². The van der Waals surface area contributed by atoms with Gasteiger partial charge in [0.25, 0.3) is 0 Å². The van der Waals surface area contributed by atoms with Gasteiger partial charge in [0.15, 0.2) is 0 Å². The zero-order valence-corrected chi connectivity index (χ0v) is 12.7. The minimum Gasteiger partial charge on any atom is -0.480 e. The molecule has 22 heavy (non-hydrogen) atoms. The highest BCUT2D eigenvalue weighted by molar-refractivity contribution is 6.42. The Bertz CT molecular complexity index is 597. The summed E-state index contributed by atoms with van der Waals surface area (Å²) in [4.78, 5) is 22.8. The Morgan fingerprint density at radius 3 is 2.55 bits per heavy atom. The molecule has 0 saturated heterocycles. The summed E-state index contributed by atoms with van der Waals surface area (Å²) in [6.45, 7) is 0. The fraction of sp³-hybridized carbons (Fsp3) is 0.429. The van der Waals surface area contributed by atoms with E-state index >= 15 is 0 Å². The van der Waals surface area contributed by atoms with Crippen LogP contribution in [0.1, 0.15) is 24.3 Å². The third-order valence-electron chi connectivity index (χ3n) is 3.53. The summed E-state index contributed by atoms with van der Waals surface area (Å²) in [5, 5.41) is 11.8. The predicted molar refractivity (Wildman–Crippen MR) is 77.5 cm³/mol. The van der Waals surface area contributed by atoms with Crippen molar-refractivity contribution in [3.63, 3.8) is 0 Å². The van der Waals surface area contributed by atoms with Crippen LogP contribution in [0.5, 0.6) is 0 Å². The van der Waals surface area contributed by atoms with Crippen LogP contribution in [0.4, 0.5) is 8.78 Å². The van der Waals surface area contributed by atoms with Gasteiger partial charge in [-0.05, 0) is 30.0 Å². The molecule has 2 N–H and O–H groups in total. The molecule has 1 aliphatic carbocycles. The molecule has 1 aromatic carbocycles. The minimum atomic E-state index is -2.80. The van der Waals surface area contributed by atoms with Gasteiger partial charge in [0, 0.05) is 12.3 Å². The fourth-order valence-electron chi connectivity index (χ4n) is 2.27. The number of carboxylic acid groups (broad SMARTS) is 1. The molecular formula is C14H13Cl2F2NO3. The second-order valence-electron chi connectivity index (χ2n) is 5.15. The fourth-order valence-corrected chi connectivity index (χ4v) is 2.58. The van der Waals surface area contributed by atoms with E-state index < -0.39 is 36.7 Å². The monoisotopic (exact) mass is 351 g/mol. The number of halogens is 4. The molecule has 1 aromatic rings. The summed E-state index contributed by atoms with van der Waals surface area (Å²) < 4.78 is 24.6. The van der Waals surface area contributed by atoms with E-state index in [2.05, 4.69) is 5.32 Å². The number of carbonyl (C=O) groups is 2. The normalized spacial score (nSPS) is 21.5. The van der Waals surface area contributed by atoms with Gasteiger partial charge in [0.2, 0.25) is 12.3 Å². The average molecular weight is 352 g/mol. The van der Waals surface area contributed by atoms with Gasteiger partial charge >= 0.3 is 5.97 Å². The SMILES string of the molecule is O=C(O)C(CC(F)F)NC(=O)C1CC1c1ccc(Cl)c(Cl)c1. The largest absolute Gasteiger partial charge is 0.480 e. The number of carboxylic acids is 1. The van der Waals surface area contributed by atoms with Crippen LogP contribution in [0, 0.1) is 5.92 Å². The quantitative estimate of drug-likeness (QED) is 0.826. The molecule has 0 heterocycles. The van der Waals surface area contributed by atoms with E-state index in [0.717, 1.165) is 5.56 Å². The molecule has 1 fully saturated rings. The number of alkyl halides is 2. The summed E-state index contributed by atoms with van der Waals surface area (Å²) in [5.74, 6) is -2.54. The molecule has 120 valence electrons. The van der Waals surface area contributed by atoms with Crippen LogP contribution >= 0.6 is 23.2 Å². The zero-order valence-electron chi connectivity index (χ0n) is 11.2. The molecule has 1 saturated carbocycles. The van der Waals surface area contributed by atoms with Crippen molar-refractivity contribution in [1.29, 1.82) is 0 Å². The van der Waals surface area contributed by atoms with E-state index in [-0.39, 0.29) is 5.92 Å². The van der Waals surface area contributed by atoms with Crippen molar-refractivity contribution in [2.75, 3.05) is 0 Å². The summed E-state index contributed by atoms with van der Waals surface area (Å²) in [7, 11) is 0. The van der Waals surface area contributed by atoms with Gasteiger partial charge in [-0.3, -0.25) is 4.79 Å². The molecule has 1 aliphatic rings. The smallest absolute Gasteiger partial charge is 0.326 e. The van der Waals surface area contributed by atoms with Gasteiger partial charge in [0.05, 0.1) is 10.0 Å². The molecule has 3 atom stereocenters. The van der Waals surface area contributed by atoms with Crippen LogP contribution in [0.25, 0.3) is 0 Å².